The Kier molecular flexibility index (Phi) is 9.10. The number of hydrogen-bond acceptors (Lipinski definition) is 5. The minimum absolute atomic E-state index is 0. The Bertz CT molecular complexity index is 608. The van der Waals surface area contributed by atoms with Crippen LogP contribution in [0.1, 0.15) is 34.6 Å². The monoisotopic (exact) mass is 505 g/mol. The van der Waals surface area contributed by atoms with E-state index < -0.39 is 21.2 Å². The molecule has 154 valence electrons. The fraction of sp³-hybridized carbons (Fsp3) is 0.867. The number of aliphatic imine (C=N–C) groups is 1. The van der Waals surface area contributed by atoms with Crippen LogP contribution in [0.4, 0.5) is 4.79 Å². The van der Waals surface area contributed by atoms with E-state index in [-0.39, 0.29) is 36.6 Å². The first-order valence-electron chi connectivity index (χ1n) is 8.20. The molecule has 11 heteroatoms. The number of hydrogen-bond donors (Lipinski definition) is 2. The Balaban J connectivity index is 0.00000625. The Morgan fingerprint density at radius 2 is 1.58 bits per heavy atom. The molecule has 0 bridgehead atoms. The summed E-state index contributed by atoms with van der Waals surface area (Å²) in [4.78, 5) is 19.8. The number of nitrogens with zero attached hydrogens (tertiary/aromatic N) is 3. The molecular formula is C15H32IN5O4S. The first-order chi connectivity index (χ1) is 11.2. The average molecular weight is 505 g/mol. The zero-order valence-corrected chi connectivity index (χ0v) is 19.6. The number of ether oxygens (including phenoxy) is 1. The topological polar surface area (TPSA) is 117 Å². The van der Waals surface area contributed by atoms with Gasteiger partial charge in [-0.2, -0.15) is 0 Å². The molecule has 0 atom stereocenters. The SMILES string of the molecule is CC(C)(CN=C(N)N1CCN(C(=O)OC(C)(C)C)CC1)NS(C)(=O)=O.I. The third-order valence-electron chi connectivity index (χ3n) is 3.35. The zero-order valence-electron chi connectivity index (χ0n) is 16.4. The van der Waals surface area contributed by atoms with Crippen LogP contribution in [0.25, 0.3) is 0 Å². The van der Waals surface area contributed by atoms with Gasteiger partial charge in [-0.25, -0.2) is 17.9 Å². The Morgan fingerprint density at radius 3 is 2.00 bits per heavy atom. The highest BCUT2D eigenvalue weighted by atomic mass is 127. The summed E-state index contributed by atoms with van der Waals surface area (Å²) < 4.78 is 30.6. The van der Waals surface area contributed by atoms with Gasteiger partial charge in [0.15, 0.2) is 5.96 Å². The van der Waals surface area contributed by atoms with E-state index in [4.69, 9.17) is 10.5 Å². The molecule has 0 aliphatic carbocycles. The van der Waals surface area contributed by atoms with Crippen molar-refractivity contribution in [2.45, 2.75) is 45.8 Å². The first-order valence-corrected chi connectivity index (χ1v) is 10.1. The van der Waals surface area contributed by atoms with Crippen LogP contribution in [-0.2, 0) is 14.8 Å². The number of nitrogens with two attached hydrogens (primary N) is 1. The molecule has 0 radical (unpaired) electrons. The molecule has 9 nitrogen and oxygen atoms in total. The summed E-state index contributed by atoms with van der Waals surface area (Å²) in [5.74, 6) is 0.340. The van der Waals surface area contributed by atoms with E-state index in [0.717, 1.165) is 6.26 Å². The van der Waals surface area contributed by atoms with Gasteiger partial charge in [-0.15, -0.1) is 24.0 Å². The van der Waals surface area contributed by atoms with Crippen molar-refractivity contribution in [1.82, 2.24) is 14.5 Å². The van der Waals surface area contributed by atoms with Crippen molar-refractivity contribution in [3.8, 4) is 0 Å². The molecule has 1 saturated heterocycles. The lowest BCUT2D eigenvalue weighted by atomic mass is 10.1. The lowest BCUT2D eigenvalue weighted by Crippen LogP contribution is -2.54. The molecule has 0 aromatic heterocycles. The van der Waals surface area contributed by atoms with Gasteiger partial charge in [-0.1, -0.05) is 0 Å². The Labute approximate surface area is 173 Å². The van der Waals surface area contributed by atoms with Gasteiger partial charge in [0.05, 0.1) is 12.8 Å². The van der Waals surface area contributed by atoms with E-state index in [9.17, 15) is 13.2 Å². The second-order valence-electron chi connectivity index (χ2n) is 7.89. The van der Waals surface area contributed by atoms with E-state index in [1.807, 2.05) is 25.7 Å². The second kappa shape index (κ2) is 9.40. The maximum absolute atomic E-state index is 12.0. The number of halogens is 1. The molecule has 1 heterocycles. The number of sulfonamides is 1. The smallest absolute Gasteiger partial charge is 0.410 e. The normalized spacial score (nSPS) is 16.9. The first kappa shape index (κ1) is 25.2. The molecule has 1 rings (SSSR count). The number of carbonyl (C=O) groups is 1. The van der Waals surface area contributed by atoms with E-state index in [1.165, 1.54) is 0 Å². The van der Waals surface area contributed by atoms with Crippen LogP contribution in [0.15, 0.2) is 4.99 Å². The molecule has 1 aliphatic rings. The third kappa shape index (κ3) is 9.76. The number of rotatable bonds is 4. The number of carbonyl (C=O) groups excluding carboxylic acids is 1. The fourth-order valence-corrected chi connectivity index (χ4v) is 3.43. The fourth-order valence-electron chi connectivity index (χ4n) is 2.36. The second-order valence-corrected chi connectivity index (χ2v) is 9.64. The molecule has 1 amide bonds. The van der Waals surface area contributed by atoms with Gasteiger partial charge in [0.25, 0.3) is 0 Å². The molecule has 0 saturated carbocycles. The van der Waals surface area contributed by atoms with E-state index >= 15 is 0 Å². The summed E-state index contributed by atoms with van der Waals surface area (Å²) in [5.41, 5.74) is 4.76. The molecule has 0 aromatic carbocycles. The van der Waals surface area contributed by atoms with Crippen molar-refractivity contribution < 1.29 is 17.9 Å². The third-order valence-corrected chi connectivity index (χ3v) is 4.28. The molecule has 3 N–H and O–H groups in total. The van der Waals surface area contributed by atoms with Gasteiger partial charge in [-0.05, 0) is 34.6 Å². The highest BCUT2D eigenvalue weighted by molar-refractivity contribution is 14.0. The lowest BCUT2D eigenvalue weighted by molar-refractivity contribution is 0.0186. The van der Waals surface area contributed by atoms with Crippen LogP contribution < -0.4 is 10.5 Å². The molecule has 26 heavy (non-hydrogen) atoms. The predicted molar refractivity (Wildman–Crippen MR) is 113 cm³/mol. The van der Waals surface area contributed by atoms with Gasteiger partial charge in [0, 0.05) is 31.7 Å². The minimum Gasteiger partial charge on any atom is -0.444 e. The number of amides is 1. The molecular weight excluding hydrogens is 473 g/mol. The molecule has 0 spiro atoms. The highest BCUT2D eigenvalue weighted by Gasteiger charge is 2.27. The summed E-state index contributed by atoms with van der Waals surface area (Å²) in [7, 11) is -3.32. The summed E-state index contributed by atoms with van der Waals surface area (Å²) in [5, 5.41) is 0. The summed E-state index contributed by atoms with van der Waals surface area (Å²) in [6.45, 7) is 11.3. The van der Waals surface area contributed by atoms with Crippen molar-refractivity contribution in [3.05, 3.63) is 0 Å². The summed E-state index contributed by atoms with van der Waals surface area (Å²) >= 11 is 0. The van der Waals surface area contributed by atoms with Gasteiger partial charge >= 0.3 is 6.09 Å². The van der Waals surface area contributed by atoms with Crippen molar-refractivity contribution >= 4 is 46.1 Å². The van der Waals surface area contributed by atoms with Gasteiger partial charge in [-0.3, -0.25) is 4.99 Å². The minimum atomic E-state index is -3.32. The Hall–Kier alpha value is -0.820. The van der Waals surface area contributed by atoms with E-state index in [0.29, 0.717) is 32.1 Å². The van der Waals surface area contributed by atoms with E-state index in [1.54, 1.807) is 18.7 Å². The van der Waals surface area contributed by atoms with Crippen LogP contribution in [0.2, 0.25) is 0 Å². The van der Waals surface area contributed by atoms with Crippen LogP contribution in [0.5, 0.6) is 0 Å². The number of guanidine groups is 1. The van der Waals surface area contributed by atoms with Gasteiger partial charge in [0.2, 0.25) is 10.0 Å². The largest absolute Gasteiger partial charge is 0.444 e. The van der Waals surface area contributed by atoms with Crippen LogP contribution in [-0.4, -0.2) is 80.4 Å². The van der Waals surface area contributed by atoms with Crippen molar-refractivity contribution in [3.63, 3.8) is 0 Å². The highest BCUT2D eigenvalue weighted by Crippen LogP contribution is 2.12. The quantitative estimate of drug-likeness (QED) is 0.332. The predicted octanol–water partition coefficient (Wildman–Crippen LogP) is 0.800. The zero-order chi connectivity index (χ0) is 19.5. The van der Waals surface area contributed by atoms with E-state index in [2.05, 4.69) is 9.71 Å². The maximum Gasteiger partial charge on any atom is 0.410 e. The Morgan fingerprint density at radius 1 is 1.12 bits per heavy atom. The average Bonchev–Trinajstić information content (AvgIpc) is 2.40. The number of nitrogens with one attached hydrogen (secondary N) is 1. The van der Waals surface area contributed by atoms with Gasteiger partial charge < -0.3 is 20.3 Å². The lowest BCUT2D eigenvalue weighted by Gasteiger charge is -2.36. The molecule has 1 fully saturated rings. The van der Waals surface area contributed by atoms with Crippen LogP contribution in [0, 0.1) is 0 Å². The summed E-state index contributed by atoms with van der Waals surface area (Å²) in [6.07, 6.45) is 0.777. The van der Waals surface area contributed by atoms with Crippen molar-refractivity contribution in [1.29, 1.82) is 0 Å². The molecule has 0 unspecified atom stereocenters. The molecule has 0 aromatic rings. The van der Waals surface area contributed by atoms with Gasteiger partial charge in [0.1, 0.15) is 5.60 Å². The number of piperazine rings is 1. The van der Waals surface area contributed by atoms with Crippen molar-refractivity contribution in [2.75, 3.05) is 39.0 Å². The maximum atomic E-state index is 12.0. The summed E-state index contributed by atoms with van der Waals surface area (Å²) in [6, 6.07) is 0. The standard InChI is InChI=1S/C15H31N5O4S.HI/c1-14(2,3)24-13(21)20-9-7-19(8-10-20)12(16)17-11-15(4,5)18-25(6,22)23;/h18H,7-11H2,1-6H3,(H2,16,17);1H. The van der Waals surface area contributed by atoms with Crippen molar-refractivity contribution in [2.24, 2.45) is 10.7 Å². The molecule has 1 aliphatic heterocycles. The van der Waals surface area contributed by atoms with Crippen LogP contribution >= 0.6 is 24.0 Å². The van der Waals surface area contributed by atoms with Crippen LogP contribution in [0.3, 0.4) is 0 Å².